The summed E-state index contributed by atoms with van der Waals surface area (Å²) in [7, 11) is -3.97. The van der Waals surface area contributed by atoms with E-state index in [2.05, 4.69) is 9.71 Å². The largest absolute Gasteiger partial charge is 0.392 e. The topological polar surface area (TPSA) is 79.3 Å². The molecule has 2 aromatic rings. The van der Waals surface area contributed by atoms with Gasteiger partial charge in [0.1, 0.15) is 0 Å². The van der Waals surface area contributed by atoms with Crippen LogP contribution in [0.2, 0.25) is 10.0 Å². The van der Waals surface area contributed by atoms with Gasteiger partial charge in [-0.1, -0.05) is 29.3 Å². The van der Waals surface area contributed by atoms with Gasteiger partial charge < -0.3 is 5.11 Å². The maximum Gasteiger partial charge on any atom is 0.279 e. The van der Waals surface area contributed by atoms with E-state index in [1.807, 2.05) is 0 Å². The quantitative estimate of drug-likeness (QED) is 0.831. The second-order valence-corrected chi connectivity index (χ2v) is 6.47. The van der Waals surface area contributed by atoms with E-state index in [0.717, 1.165) is 12.1 Å². The molecule has 1 aromatic heterocycles. The van der Waals surface area contributed by atoms with Gasteiger partial charge >= 0.3 is 0 Å². The predicted octanol–water partition coefficient (Wildman–Crippen LogP) is 2.82. The molecule has 0 bridgehead atoms. The first kappa shape index (κ1) is 16.0. The second-order valence-electron chi connectivity index (χ2n) is 4.02. The van der Waals surface area contributed by atoms with E-state index in [-0.39, 0.29) is 27.4 Å². The third-order valence-corrected chi connectivity index (χ3v) is 4.34. The standard InChI is InChI=1S/C12H9Cl2FN2O3S/c13-9-3-8(4-10(14)12(9)15)17-21(19,20)11-2-1-7(6-18)5-16-11/h1-5,17-18H,6H2. The van der Waals surface area contributed by atoms with Crippen molar-refractivity contribution in [3.05, 3.63) is 51.9 Å². The highest BCUT2D eigenvalue weighted by atomic mass is 35.5. The fraction of sp³-hybridized carbons (Fsp3) is 0.0833. The molecule has 1 aromatic carbocycles. The van der Waals surface area contributed by atoms with E-state index in [4.69, 9.17) is 28.3 Å². The molecule has 2 N–H and O–H groups in total. The highest BCUT2D eigenvalue weighted by Crippen LogP contribution is 2.28. The van der Waals surface area contributed by atoms with E-state index < -0.39 is 15.8 Å². The second kappa shape index (κ2) is 6.15. The summed E-state index contributed by atoms with van der Waals surface area (Å²) in [5.74, 6) is -0.827. The lowest BCUT2D eigenvalue weighted by atomic mass is 10.3. The number of pyridine rings is 1. The van der Waals surface area contributed by atoms with E-state index in [1.54, 1.807) is 0 Å². The predicted molar refractivity (Wildman–Crippen MR) is 77.4 cm³/mol. The van der Waals surface area contributed by atoms with Gasteiger partial charge in [-0.15, -0.1) is 0 Å². The van der Waals surface area contributed by atoms with Gasteiger partial charge in [-0.05, 0) is 23.8 Å². The van der Waals surface area contributed by atoms with Crippen molar-refractivity contribution < 1.29 is 17.9 Å². The van der Waals surface area contributed by atoms with Gasteiger partial charge in [0.25, 0.3) is 10.0 Å². The summed E-state index contributed by atoms with van der Waals surface area (Å²) in [5, 5.41) is 8.03. The Balaban J connectivity index is 2.32. The molecule has 2 rings (SSSR count). The molecule has 0 amide bonds. The molecule has 0 aliphatic rings. The summed E-state index contributed by atoms with van der Waals surface area (Å²) in [6.07, 6.45) is 1.24. The zero-order chi connectivity index (χ0) is 15.6. The van der Waals surface area contributed by atoms with E-state index >= 15 is 0 Å². The number of nitrogens with one attached hydrogen (secondary N) is 1. The van der Waals surface area contributed by atoms with Crippen molar-refractivity contribution in [2.75, 3.05) is 4.72 Å². The average Bonchev–Trinajstić information content (AvgIpc) is 2.44. The Morgan fingerprint density at radius 1 is 1.24 bits per heavy atom. The minimum Gasteiger partial charge on any atom is -0.392 e. The first-order valence-corrected chi connectivity index (χ1v) is 7.80. The van der Waals surface area contributed by atoms with Crippen LogP contribution in [0.5, 0.6) is 0 Å². The fourth-order valence-electron chi connectivity index (χ4n) is 1.49. The summed E-state index contributed by atoms with van der Waals surface area (Å²) < 4.78 is 39.7. The first-order chi connectivity index (χ1) is 9.83. The Morgan fingerprint density at radius 2 is 1.86 bits per heavy atom. The molecule has 0 saturated heterocycles. The van der Waals surface area contributed by atoms with Gasteiger partial charge in [-0.2, -0.15) is 8.42 Å². The van der Waals surface area contributed by atoms with Crippen molar-refractivity contribution in [3.8, 4) is 0 Å². The molecule has 0 spiro atoms. The van der Waals surface area contributed by atoms with Crippen LogP contribution in [0.3, 0.4) is 0 Å². The van der Waals surface area contributed by atoms with Gasteiger partial charge in [0.2, 0.25) is 0 Å². The summed E-state index contributed by atoms with van der Waals surface area (Å²) in [6.45, 7) is -0.246. The molecule has 0 fully saturated rings. The molecule has 0 saturated carbocycles. The van der Waals surface area contributed by atoms with Crippen LogP contribution < -0.4 is 4.72 Å². The van der Waals surface area contributed by atoms with Crippen LogP contribution in [0.15, 0.2) is 35.5 Å². The zero-order valence-electron chi connectivity index (χ0n) is 10.3. The number of nitrogens with zero attached hydrogens (tertiary/aromatic N) is 1. The monoisotopic (exact) mass is 350 g/mol. The summed E-state index contributed by atoms with van der Waals surface area (Å²) in [5.41, 5.74) is 0.487. The molecule has 0 atom stereocenters. The number of hydrogen-bond donors (Lipinski definition) is 2. The molecule has 0 radical (unpaired) electrons. The van der Waals surface area contributed by atoms with Gasteiger partial charge in [-0.25, -0.2) is 9.37 Å². The smallest absolute Gasteiger partial charge is 0.279 e. The van der Waals surface area contributed by atoms with E-state index in [0.29, 0.717) is 5.56 Å². The van der Waals surface area contributed by atoms with Crippen LogP contribution in [-0.4, -0.2) is 18.5 Å². The van der Waals surface area contributed by atoms with Crippen molar-refractivity contribution in [1.82, 2.24) is 4.98 Å². The van der Waals surface area contributed by atoms with Crippen molar-refractivity contribution in [2.45, 2.75) is 11.6 Å². The van der Waals surface area contributed by atoms with Crippen LogP contribution in [0.25, 0.3) is 0 Å². The Hall–Kier alpha value is -1.41. The number of hydrogen-bond acceptors (Lipinski definition) is 4. The number of aliphatic hydroxyl groups is 1. The summed E-state index contributed by atoms with van der Waals surface area (Å²) in [6, 6.07) is 4.86. The third-order valence-electron chi connectivity index (χ3n) is 2.49. The van der Waals surface area contributed by atoms with E-state index in [9.17, 15) is 12.8 Å². The van der Waals surface area contributed by atoms with Crippen LogP contribution in [0.4, 0.5) is 10.1 Å². The van der Waals surface area contributed by atoms with Crippen molar-refractivity contribution in [3.63, 3.8) is 0 Å². The lowest BCUT2D eigenvalue weighted by molar-refractivity contribution is 0.281. The van der Waals surface area contributed by atoms with Gasteiger partial charge in [-0.3, -0.25) is 4.72 Å². The van der Waals surface area contributed by atoms with Crippen molar-refractivity contribution in [1.29, 1.82) is 0 Å². The molecule has 9 heteroatoms. The molecule has 0 aliphatic heterocycles. The minimum atomic E-state index is -3.97. The number of rotatable bonds is 4. The van der Waals surface area contributed by atoms with Crippen LogP contribution in [0.1, 0.15) is 5.56 Å². The molecule has 112 valence electrons. The first-order valence-electron chi connectivity index (χ1n) is 5.56. The Labute approximate surface area is 130 Å². The molecule has 5 nitrogen and oxygen atoms in total. The fourth-order valence-corrected chi connectivity index (χ4v) is 2.94. The van der Waals surface area contributed by atoms with Crippen molar-refractivity contribution >= 4 is 38.9 Å². The Kier molecular flexibility index (Phi) is 4.67. The molecule has 0 aliphatic carbocycles. The normalized spacial score (nSPS) is 11.4. The number of halogens is 3. The minimum absolute atomic E-state index is 0.0134. The maximum absolute atomic E-state index is 13.3. The number of benzene rings is 1. The van der Waals surface area contributed by atoms with Gasteiger partial charge in [0, 0.05) is 6.20 Å². The Bertz CT molecular complexity index is 744. The third kappa shape index (κ3) is 3.62. The lowest BCUT2D eigenvalue weighted by Crippen LogP contribution is -2.14. The number of aromatic nitrogens is 1. The molecular weight excluding hydrogens is 342 g/mol. The van der Waals surface area contributed by atoms with Crippen LogP contribution in [0, 0.1) is 5.82 Å². The maximum atomic E-state index is 13.3. The molecule has 1 heterocycles. The van der Waals surface area contributed by atoms with Gasteiger partial charge in [0.05, 0.1) is 22.3 Å². The number of anilines is 1. The molecule has 0 unspecified atom stereocenters. The Morgan fingerprint density at radius 3 is 2.33 bits per heavy atom. The van der Waals surface area contributed by atoms with Crippen molar-refractivity contribution in [2.24, 2.45) is 0 Å². The lowest BCUT2D eigenvalue weighted by Gasteiger charge is -2.09. The van der Waals surface area contributed by atoms with Crippen LogP contribution >= 0.6 is 23.2 Å². The summed E-state index contributed by atoms with van der Waals surface area (Å²) in [4.78, 5) is 3.73. The van der Waals surface area contributed by atoms with Gasteiger partial charge in [0.15, 0.2) is 10.8 Å². The highest BCUT2D eigenvalue weighted by molar-refractivity contribution is 7.92. The number of aliphatic hydroxyl groups excluding tert-OH is 1. The molecule has 21 heavy (non-hydrogen) atoms. The summed E-state index contributed by atoms with van der Waals surface area (Å²) >= 11 is 11.2. The average molecular weight is 351 g/mol. The number of sulfonamides is 1. The molecular formula is C12H9Cl2FN2O3S. The SMILES string of the molecule is O=S(=O)(Nc1cc(Cl)c(F)c(Cl)c1)c1ccc(CO)cn1. The van der Waals surface area contributed by atoms with Crippen LogP contribution in [-0.2, 0) is 16.6 Å². The zero-order valence-corrected chi connectivity index (χ0v) is 12.7. The van der Waals surface area contributed by atoms with E-state index in [1.165, 1.54) is 18.3 Å². The highest BCUT2D eigenvalue weighted by Gasteiger charge is 2.17.